The van der Waals surface area contributed by atoms with Gasteiger partial charge in [-0.25, -0.2) is 9.67 Å². The summed E-state index contributed by atoms with van der Waals surface area (Å²) in [6, 6.07) is 16.2. The number of hydrogen-bond donors (Lipinski definition) is 3. The molecule has 4 N–H and O–H groups in total. The fraction of sp³-hybridized carbons (Fsp3) is 0.321. The number of allylic oxidation sites excluding steroid dienone is 1. The van der Waals surface area contributed by atoms with E-state index in [2.05, 4.69) is 78.9 Å². The number of amides is 1. The largest absolute Gasteiger partial charge is 0.382 e. The fourth-order valence-electron chi connectivity index (χ4n) is 5.58. The minimum Gasteiger partial charge on any atom is -0.382 e. The van der Waals surface area contributed by atoms with Gasteiger partial charge >= 0.3 is 0 Å². The molecular weight excluding hydrogens is 478 g/mol. The van der Waals surface area contributed by atoms with E-state index in [9.17, 15) is 4.79 Å². The highest BCUT2D eigenvalue weighted by atomic mass is 16.1. The van der Waals surface area contributed by atoms with E-state index in [0.717, 1.165) is 30.0 Å². The lowest BCUT2D eigenvalue weighted by molar-refractivity contribution is -0.00238. The predicted molar refractivity (Wildman–Crippen MR) is 153 cm³/mol. The number of anilines is 4. The molecule has 0 bridgehead atoms. The van der Waals surface area contributed by atoms with Crippen LogP contribution in [0, 0.1) is 5.41 Å². The summed E-state index contributed by atoms with van der Waals surface area (Å²) >= 11 is 0. The van der Waals surface area contributed by atoms with Crippen LogP contribution >= 0.6 is 0 Å². The summed E-state index contributed by atoms with van der Waals surface area (Å²) in [5.41, 5.74) is 11.9. The lowest BCUT2D eigenvalue weighted by Gasteiger charge is -2.60. The number of likely N-dealkylation sites (tertiary alicyclic amines) is 1. The van der Waals surface area contributed by atoms with Crippen LogP contribution in [0.4, 0.5) is 22.9 Å². The predicted octanol–water partition coefficient (Wildman–Crippen LogP) is 2.71. The Kier molecular flexibility index (Phi) is 5.83. The van der Waals surface area contributed by atoms with Gasteiger partial charge in [0.05, 0.1) is 0 Å². The van der Waals surface area contributed by atoms with Crippen LogP contribution in [-0.2, 0) is 0 Å². The average Bonchev–Trinajstić information content (AvgIpc) is 3.28. The van der Waals surface area contributed by atoms with Crippen molar-refractivity contribution in [2.24, 2.45) is 10.4 Å². The molecule has 0 saturated carbocycles. The van der Waals surface area contributed by atoms with Crippen LogP contribution in [0.2, 0.25) is 0 Å². The number of aromatic nitrogens is 2. The van der Waals surface area contributed by atoms with Gasteiger partial charge in [0.15, 0.2) is 5.82 Å². The molecule has 0 radical (unpaired) electrons. The van der Waals surface area contributed by atoms with Crippen LogP contribution in [0.15, 0.2) is 65.8 Å². The zero-order valence-corrected chi connectivity index (χ0v) is 21.9. The molecule has 1 amide bonds. The Bertz CT molecular complexity index is 1390. The van der Waals surface area contributed by atoms with Gasteiger partial charge in [-0.2, -0.15) is 5.10 Å². The van der Waals surface area contributed by atoms with Gasteiger partial charge in [-0.05, 0) is 55.1 Å². The van der Waals surface area contributed by atoms with Crippen molar-refractivity contribution < 1.29 is 4.79 Å². The average molecular weight is 512 g/mol. The molecule has 10 nitrogen and oxygen atoms in total. The fourth-order valence-corrected chi connectivity index (χ4v) is 5.58. The molecule has 3 aliphatic heterocycles. The highest BCUT2D eigenvalue weighted by Crippen LogP contribution is 2.41. The molecular formula is C28H33N9O. The Morgan fingerprint density at radius 1 is 1.08 bits per heavy atom. The second-order valence-corrected chi connectivity index (χ2v) is 10.8. The van der Waals surface area contributed by atoms with Crippen molar-refractivity contribution in [2.75, 3.05) is 68.2 Å². The Morgan fingerprint density at radius 3 is 2.45 bits per heavy atom. The van der Waals surface area contributed by atoms with Gasteiger partial charge in [-0.15, -0.1) is 0 Å². The lowest BCUT2D eigenvalue weighted by atomic mass is 9.73. The standard InChI is InChI=1S/C28H33N9O/c1-34(2)21-8-4-19(5-9-21)24-12-13-30-27(32-24)37-14-23(25(29)33-37)26(38)31-20-6-10-22(11-7-20)36-17-28(18-36)15-35(3)16-28/h4-14,27,32H,15-18H2,1-3H3,(H2,29,33)(H,31,38). The molecule has 1 unspecified atom stereocenters. The minimum absolute atomic E-state index is 0.152. The van der Waals surface area contributed by atoms with E-state index in [1.54, 1.807) is 17.1 Å². The van der Waals surface area contributed by atoms with Crippen LogP contribution in [0.1, 0.15) is 22.2 Å². The smallest absolute Gasteiger partial charge is 0.261 e. The van der Waals surface area contributed by atoms with Crippen molar-refractivity contribution in [2.45, 2.75) is 6.29 Å². The summed E-state index contributed by atoms with van der Waals surface area (Å²) in [6.07, 6.45) is 4.76. The highest BCUT2D eigenvalue weighted by molar-refractivity contribution is 6.07. The van der Waals surface area contributed by atoms with Crippen molar-refractivity contribution >= 4 is 40.7 Å². The first kappa shape index (κ1) is 24.1. The maximum Gasteiger partial charge on any atom is 0.261 e. The molecule has 2 aromatic carbocycles. The summed E-state index contributed by atoms with van der Waals surface area (Å²) in [5, 5.41) is 10.7. The summed E-state index contributed by atoms with van der Waals surface area (Å²) in [4.78, 5) is 24.3. The topological polar surface area (TPSA) is 107 Å². The van der Waals surface area contributed by atoms with E-state index < -0.39 is 6.29 Å². The van der Waals surface area contributed by atoms with Gasteiger partial charge in [0.25, 0.3) is 5.91 Å². The number of nitrogen functional groups attached to an aromatic ring is 1. The number of rotatable bonds is 6. The van der Waals surface area contributed by atoms with Crippen LogP contribution < -0.4 is 26.2 Å². The van der Waals surface area contributed by atoms with Crippen molar-refractivity contribution in [1.82, 2.24) is 20.0 Å². The first-order valence-electron chi connectivity index (χ1n) is 12.8. The van der Waals surface area contributed by atoms with Crippen molar-refractivity contribution in [1.29, 1.82) is 0 Å². The second-order valence-electron chi connectivity index (χ2n) is 10.8. The lowest BCUT2D eigenvalue weighted by Crippen LogP contribution is -2.71. The third-order valence-corrected chi connectivity index (χ3v) is 7.46. The number of nitrogens with two attached hydrogens (primary N) is 1. The number of hydrogen-bond acceptors (Lipinski definition) is 8. The quantitative estimate of drug-likeness (QED) is 0.467. The van der Waals surface area contributed by atoms with Gasteiger partial charge < -0.3 is 31.1 Å². The Hall–Kier alpha value is -4.31. The van der Waals surface area contributed by atoms with Crippen molar-refractivity contribution in [3.05, 3.63) is 71.9 Å². The van der Waals surface area contributed by atoms with E-state index in [-0.39, 0.29) is 11.7 Å². The highest BCUT2D eigenvalue weighted by Gasteiger charge is 2.50. The van der Waals surface area contributed by atoms with Crippen LogP contribution in [0.5, 0.6) is 0 Å². The van der Waals surface area contributed by atoms with Crippen LogP contribution in [0.25, 0.3) is 5.70 Å². The molecule has 38 heavy (non-hydrogen) atoms. The molecule has 10 heteroatoms. The summed E-state index contributed by atoms with van der Waals surface area (Å²) in [6.45, 7) is 4.54. The molecule has 2 fully saturated rings. The minimum atomic E-state index is -0.512. The van der Waals surface area contributed by atoms with Crippen molar-refractivity contribution in [3.8, 4) is 0 Å². The number of benzene rings is 2. The molecule has 4 heterocycles. The zero-order chi connectivity index (χ0) is 26.4. The van der Waals surface area contributed by atoms with E-state index >= 15 is 0 Å². The van der Waals surface area contributed by atoms with E-state index in [1.165, 1.54) is 18.8 Å². The van der Waals surface area contributed by atoms with E-state index in [1.807, 2.05) is 32.3 Å². The first-order valence-corrected chi connectivity index (χ1v) is 12.8. The number of nitrogens with zero attached hydrogens (tertiary/aromatic N) is 6. The summed E-state index contributed by atoms with van der Waals surface area (Å²) in [7, 11) is 6.19. The zero-order valence-electron chi connectivity index (χ0n) is 21.9. The maximum atomic E-state index is 13.0. The first-order chi connectivity index (χ1) is 18.3. The third kappa shape index (κ3) is 4.47. The van der Waals surface area contributed by atoms with Gasteiger partial charge in [-0.3, -0.25) is 4.79 Å². The van der Waals surface area contributed by atoms with Crippen LogP contribution in [-0.4, -0.2) is 74.1 Å². The van der Waals surface area contributed by atoms with Crippen LogP contribution in [0.3, 0.4) is 0 Å². The maximum absolute atomic E-state index is 13.0. The molecule has 196 valence electrons. The Labute approximate surface area is 222 Å². The number of carbonyl (C=O) groups is 1. The molecule has 1 atom stereocenters. The number of nitrogens with one attached hydrogen (secondary N) is 2. The normalized spacial score (nSPS) is 19.8. The second kappa shape index (κ2) is 9.21. The Morgan fingerprint density at radius 2 is 1.79 bits per heavy atom. The summed E-state index contributed by atoms with van der Waals surface area (Å²) < 4.78 is 1.57. The van der Waals surface area contributed by atoms with Gasteiger partial charge in [-0.1, -0.05) is 12.1 Å². The number of aliphatic imine (C=N–C) groups is 1. The Balaban J connectivity index is 1.08. The van der Waals surface area contributed by atoms with Crippen molar-refractivity contribution in [3.63, 3.8) is 0 Å². The monoisotopic (exact) mass is 511 g/mol. The summed E-state index contributed by atoms with van der Waals surface area (Å²) in [5.74, 6) is -0.157. The molecule has 3 aliphatic rings. The van der Waals surface area contributed by atoms with E-state index in [0.29, 0.717) is 16.7 Å². The van der Waals surface area contributed by atoms with Gasteiger partial charge in [0, 0.05) is 80.9 Å². The van der Waals surface area contributed by atoms with Gasteiger partial charge in [0.2, 0.25) is 6.29 Å². The molecule has 6 rings (SSSR count). The molecule has 0 aliphatic carbocycles. The van der Waals surface area contributed by atoms with E-state index in [4.69, 9.17) is 5.73 Å². The molecule has 3 aromatic rings. The molecule has 1 aromatic heterocycles. The number of carbonyl (C=O) groups excluding carboxylic acids is 1. The van der Waals surface area contributed by atoms with Gasteiger partial charge in [0.1, 0.15) is 5.56 Å². The third-order valence-electron chi connectivity index (χ3n) is 7.46. The SMILES string of the molecule is CN1CC2(C1)CN(c1ccc(NC(=O)c3cn(C4N=CC=C(c5ccc(N(C)C)cc5)N4)nc3N)cc1)C2. The molecule has 1 spiro atoms. The molecule has 2 saturated heterocycles.